The van der Waals surface area contributed by atoms with Crippen molar-refractivity contribution in [3.05, 3.63) is 34.9 Å². The number of hydrogen-bond donors (Lipinski definition) is 2. The predicted octanol–water partition coefficient (Wildman–Crippen LogP) is 3.04. The van der Waals surface area contributed by atoms with E-state index in [0.29, 0.717) is 11.6 Å². The summed E-state index contributed by atoms with van der Waals surface area (Å²) in [6.07, 6.45) is 4.44. The van der Waals surface area contributed by atoms with Gasteiger partial charge >= 0.3 is 0 Å². The van der Waals surface area contributed by atoms with Gasteiger partial charge < -0.3 is 10.4 Å². The number of rotatable bonds is 4. The molecule has 0 spiro atoms. The second kappa shape index (κ2) is 6.59. The first-order valence-corrected chi connectivity index (χ1v) is 7.65. The van der Waals surface area contributed by atoms with Crippen LogP contribution in [0.1, 0.15) is 44.6 Å². The van der Waals surface area contributed by atoms with Gasteiger partial charge in [0.05, 0.1) is 11.5 Å². The average molecular weight is 296 g/mol. The van der Waals surface area contributed by atoms with Gasteiger partial charge in [0.15, 0.2) is 0 Å². The first-order chi connectivity index (χ1) is 9.54. The molecule has 2 rings (SSSR count). The van der Waals surface area contributed by atoms with Gasteiger partial charge in [0.25, 0.3) is 0 Å². The van der Waals surface area contributed by atoms with Gasteiger partial charge in [-0.2, -0.15) is 0 Å². The number of carbonyl (C=O) groups is 1. The molecule has 1 aromatic carbocycles. The van der Waals surface area contributed by atoms with Crippen molar-refractivity contribution >= 4 is 17.5 Å². The first-order valence-electron chi connectivity index (χ1n) is 7.27. The number of benzene rings is 1. The summed E-state index contributed by atoms with van der Waals surface area (Å²) in [6.45, 7) is 1.97. The molecule has 3 nitrogen and oxygen atoms in total. The molecule has 0 radical (unpaired) electrons. The molecule has 0 heterocycles. The van der Waals surface area contributed by atoms with Gasteiger partial charge in [-0.05, 0) is 37.5 Å². The summed E-state index contributed by atoms with van der Waals surface area (Å²) in [5.41, 5.74) is 0.505. The van der Waals surface area contributed by atoms with Crippen LogP contribution in [0.2, 0.25) is 5.02 Å². The topological polar surface area (TPSA) is 49.3 Å². The van der Waals surface area contributed by atoms with Crippen molar-refractivity contribution in [2.75, 3.05) is 6.54 Å². The standard InChI is InChI=1S/C16H22ClNO2/c1-12(19)11-18-15(20)16(8-3-2-4-9-16)13-6-5-7-14(17)10-13/h5-7,10,12,19H,2-4,8-9,11H2,1H3,(H,18,20). The second-order valence-corrected chi connectivity index (χ2v) is 6.15. The van der Waals surface area contributed by atoms with Gasteiger partial charge in [-0.15, -0.1) is 0 Å². The van der Waals surface area contributed by atoms with Crippen molar-refractivity contribution in [1.82, 2.24) is 5.32 Å². The molecule has 4 heteroatoms. The van der Waals surface area contributed by atoms with Gasteiger partial charge in [-0.25, -0.2) is 0 Å². The zero-order valence-electron chi connectivity index (χ0n) is 11.9. The van der Waals surface area contributed by atoms with Crippen LogP contribution in [-0.4, -0.2) is 23.7 Å². The molecule has 1 aromatic rings. The normalized spacial score (nSPS) is 19.4. The summed E-state index contributed by atoms with van der Waals surface area (Å²) < 4.78 is 0. The number of aliphatic hydroxyl groups is 1. The Kier molecular flexibility index (Phi) is 5.06. The molecule has 1 saturated carbocycles. The number of aliphatic hydroxyl groups excluding tert-OH is 1. The van der Waals surface area contributed by atoms with Crippen LogP contribution in [0, 0.1) is 0 Å². The van der Waals surface area contributed by atoms with Crippen LogP contribution in [0.15, 0.2) is 24.3 Å². The maximum absolute atomic E-state index is 12.7. The van der Waals surface area contributed by atoms with Crippen LogP contribution < -0.4 is 5.32 Å². The van der Waals surface area contributed by atoms with E-state index in [9.17, 15) is 9.90 Å². The van der Waals surface area contributed by atoms with E-state index in [2.05, 4.69) is 5.32 Å². The number of nitrogens with one attached hydrogen (secondary N) is 1. The largest absolute Gasteiger partial charge is 0.392 e. The lowest BCUT2D eigenvalue weighted by Crippen LogP contribution is -2.47. The molecule has 0 bridgehead atoms. The Labute approximate surface area is 125 Å². The summed E-state index contributed by atoms with van der Waals surface area (Å²) in [4.78, 5) is 12.7. The summed E-state index contributed by atoms with van der Waals surface area (Å²) in [7, 11) is 0. The van der Waals surface area contributed by atoms with Gasteiger partial charge in [0.1, 0.15) is 0 Å². The minimum absolute atomic E-state index is 0.0142. The molecule has 1 fully saturated rings. The highest BCUT2D eigenvalue weighted by atomic mass is 35.5. The van der Waals surface area contributed by atoms with Gasteiger partial charge in [-0.3, -0.25) is 4.79 Å². The van der Waals surface area contributed by atoms with Crippen molar-refractivity contribution in [3.8, 4) is 0 Å². The van der Waals surface area contributed by atoms with Gasteiger partial charge in [-0.1, -0.05) is 43.0 Å². The maximum atomic E-state index is 12.7. The van der Waals surface area contributed by atoms with Crippen molar-refractivity contribution in [2.45, 2.75) is 50.5 Å². The Balaban J connectivity index is 2.27. The molecule has 110 valence electrons. The third-order valence-corrected chi connectivity index (χ3v) is 4.31. The third-order valence-electron chi connectivity index (χ3n) is 4.08. The minimum atomic E-state index is -0.529. The predicted molar refractivity (Wildman–Crippen MR) is 80.9 cm³/mol. The molecule has 1 unspecified atom stereocenters. The Hall–Kier alpha value is -1.06. The molecular formula is C16H22ClNO2. The maximum Gasteiger partial charge on any atom is 0.230 e. The fraction of sp³-hybridized carbons (Fsp3) is 0.562. The molecule has 1 aliphatic rings. The van der Waals surface area contributed by atoms with Crippen LogP contribution >= 0.6 is 11.6 Å². The molecule has 20 heavy (non-hydrogen) atoms. The zero-order chi connectivity index (χ0) is 14.6. The highest BCUT2D eigenvalue weighted by Gasteiger charge is 2.41. The monoisotopic (exact) mass is 295 g/mol. The fourth-order valence-electron chi connectivity index (χ4n) is 3.00. The van der Waals surface area contributed by atoms with Gasteiger partial charge in [0.2, 0.25) is 5.91 Å². The van der Waals surface area contributed by atoms with Crippen molar-refractivity contribution in [1.29, 1.82) is 0 Å². The smallest absolute Gasteiger partial charge is 0.230 e. The minimum Gasteiger partial charge on any atom is -0.392 e. The number of amides is 1. The Morgan fingerprint density at radius 1 is 1.40 bits per heavy atom. The van der Waals surface area contributed by atoms with Gasteiger partial charge in [0, 0.05) is 11.6 Å². The van der Waals surface area contributed by atoms with E-state index in [1.165, 1.54) is 6.42 Å². The van der Waals surface area contributed by atoms with Crippen LogP contribution in [0.3, 0.4) is 0 Å². The number of halogens is 1. The molecule has 1 aliphatic carbocycles. The lowest BCUT2D eigenvalue weighted by atomic mass is 9.68. The van der Waals surface area contributed by atoms with Crippen molar-refractivity contribution in [3.63, 3.8) is 0 Å². The first kappa shape index (κ1) is 15.3. The summed E-state index contributed by atoms with van der Waals surface area (Å²) in [6, 6.07) is 7.61. The number of hydrogen-bond acceptors (Lipinski definition) is 2. The summed E-state index contributed by atoms with van der Waals surface area (Å²) in [5.74, 6) is 0.0142. The average Bonchev–Trinajstić information content (AvgIpc) is 2.45. The highest BCUT2D eigenvalue weighted by molar-refractivity contribution is 6.30. The lowest BCUT2D eigenvalue weighted by Gasteiger charge is -2.36. The molecule has 0 aromatic heterocycles. The van der Waals surface area contributed by atoms with Crippen LogP contribution in [0.5, 0.6) is 0 Å². The van der Waals surface area contributed by atoms with E-state index in [4.69, 9.17) is 11.6 Å². The van der Waals surface area contributed by atoms with E-state index in [-0.39, 0.29) is 5.91 Å². The van der Waals surface area contributed by atoms with E-state index in [1.54, 1.807) is 6.92 Å². The molecular weight excluding hydrogens is 274 g/mol. The molecule has 0 aliphatic heterocycles. The quantitative estimate of drug-likeness (QED) is 0.897. The van der Waals surface area contributed by atoms with E-state index < -0.39 is 11.5 Å². The van der Waals surface area contributed by atoms with E-state index >= 15 is 0 Å². The Morgan fingerprint density at radius 2 is 2.10 bits per heavy atom. The fourth-order valence-corrected chi connectivity index (χ4v) is 3.19. The highest BCUT2D eigenvalue weighted by Crippen LogP contribution is 2.40. The molecule has 1 amide bonds. The van der Waals surface area contributed by atoms with Crippen LogP contribution in [-0.2, 0) is 10.2 Å². The Bertz CT molecular complexity index is 467. The summed E-state index contributed by atoms with van der Waals surface area (Å²) >= 11 is 6.09. The van der Waals surface area contributed by atoms with E-state index in [1.807, 2.05) is 24.3 Å². The molecule has 2 N–H and O–H groups in total. The molecule has 1 atom stereocenters. The second-order valence-electron chi connectivity index (χ2n) is 5.71. The molecule has 0 saturated heterocycles. The third kappa shape index (κ3) is 3.33. The van der Waals surface area contributed by atoms with Crippen LogP contribution in [0.4, 0.5) is 0 Å². The SMILES string of the molecule is CC(O)CNC(=O)C1(c2cccc(Cl)c2)CCCCC1. The lowest BCUT2D eigenvalue weighted by molar-refractivity contribution is -0.128. The summed E-state index contributed by atoms with van der Waals surface area (Å²) in [5, 5.41) is 12.9. The Morgan fingerprint density at radius 3 is 2.70 bits per heavy atom. The van der Waals surface area contributed by atoms with Crippen molar-refractivity contribution < 1.29 is 9.90 Å². The zero-order valence-corrected chi connectivity index (χ0v) is 12.6. The van der Waals surface area contributed by atoms with Crippen LogP contribution in [0.25, 0.3) is 0 Å². The van der Waals surface area contributed by atoms with E-state index in [0.717, 1.165) is 31.2 Å². The number of carbonyl (C=O) groups excluding carboxylic acids is 1. The van der Waals surface area contributed by atoms with Crippen molar-refractivity contribution in [2.24, 2.45) is 0 Å².